The highest BCUT2D eigenvalue weighted by atomic mass is 19.3. The van der Waals surface area contributed by atoms with Crippen LogP contribution in [0.1, 0.15) is 37.8 Å². The zero-order chi connectivity index (χ0) is 14.0. The molecule has 19 heavy (non-hydrogen) atoms. The molecule has 0 aliphatic heterocycles. The minimum Gasteiger partial charge on any atom is -0.285 e. The van der Waals surface area contributed by atoms with Gasteiger partial charge < -0.3 is 0 Å². The van der Waals surface area contributed by atoms with Crippen molar-refractivity contribution < 1.29 is 8.78 Å². The Morgan fingerprint density at radius 3 is 2.63 bits per heavy atom. The molecule has 104 valence electrons. The van der Waals surface area contributed by atoms with Crippen LogP contribution < -0.4 is 0 Å². The highest BCUT2D eigenvalue weighted by Crippen LogP contribution is 2.26. The Kier molecular flexibility index (Phi) is 3.97. The summed E-state index contributed by atoms with van der Waals surface area (Å²) < 4.78 is 28.9. The summed E-state index contributed by atoms with van der Waals surface area (Å²) in [5, 5.41) is 4.28. The van der Waals surface area contributed by atoms with Gasteiger partial charge in [0.15, 0.2) is 5.82 Å². The van der Waals surface area contributed by atoms with Crippen LogP contribution in [0.3, 0.4) is 0 Å². The van der Waals surface area contributed by atoms with Crippen LogP contribution in [0, 0.1) is 13.8 Å². The lowest BCUT2D eigenvalue weighted by Gasteiger charge is -2.10. The van der Waals surface area contributed by atoms with Gasteiger partial charge in [-0.25, -0.2) is 9.67 Å². The van der Waals surface area contributed by atoms with E-state index in [-0.39, 0.29) is 0 Å². The fourth-order valence-corrected chi connectivity index (χ4v) is 2.10. The first kappa shape index (κ1) is 13.7. The number of nitrogens with zero attached hydrogens (tertiary/aromatic N) is 4. The number of hydrogen-bond donors (Lipinski definition) is 0. The average molecular weight is 268 g/mol. The first-order chi connectivity index (χ1) is 9.04. The number of rotatable bonds is 5. The van der Waals surface area contributed by atoms with E-state index in [2.05, 4.69) is 17.0 Å². The summed E-state index contributed by atoms with van der Waals surface area (Å²) in [6.07, 6.45) is 1.97. The molecular weight excluding hydrogens is 250 g/mol. The lowest BCUT2D eigenvalue weighted by atomic mass is 10.3. The number of aryl methyl sites for hydroxylation is 3. The van der Waals surface area contributed by atoms with Crippen molar-refractivity contribution >= 4 is 0 Å². The SMILES string of the molecule is CCCCn1nc(C)nc1-c1ccc(C)n1C(F)F. The van der Waals surface area contributed by atoms with Gasteiger partial charge in [-0.1, -0.05) is 13.3 Å². The van der Waals surface area contributed by atoms with Crippen LogP contribution in [0.25, 0.3) is 11.5 Å². The van der Waals surface area contributed by atoms with Gasteiger partial charge in [0, 0.05) is 12.2 Å². The van der Waals surface area contributed by atoms with E-state index in [0.29, 0.717) is 29.6 Å². The minimum absolute atomic E-state index is 0.421. The van der Waals surface area contributed by atoms with Crippen LogP contribution in [0.4, 0.5) is 8.78 Å². The summed E-state index contributed by atoms with van der Waals surface area (Å²) >= 11 is 0. The van der Waals surface area contributed by atoms with Gasteiger partial charge in [0.1, 0.15) is 5.82 Å². The van der Waals surface area contributed by atoms with Crippen LogP contribution >= 0.6 is 0 Å². The lowest BCUT2D eigenvalue weighted by Crippen LogP contribution is -2.08. The van der Waals surface area contributed by atoms with E-state index in [0.717, 1.165) is 17.4 Å². The second-order valence-corrected chi connectivity index (χ2v) is 4.57. The van der Waals surface area contributed by atoms with Crippen molar-refractivity contribution in [2.24, 2.45) is 0 Å². The third-order valence-corrected chi connectivity index (χ3v) is 3.05. The van der Waals surface area contributed by atoms with Gasteiger partial charge in [-0.2, -0.15) is 13.9 Å². The monoisotopic (exact) mass is 268 g/mol. The number of unbranched alkanes of at least 4 members (excludes halogenated alkanes) is 1. The molecule has 0 bridgehead atoms. The maximum absolute atomic E-state index is 13.1. The lowest BCUT2D eigenvalue weighted by molar-refractivity contribution is 0.0702. The normalized spacial score (nSPS) is 11.5. The van der Waals surface area contributed by atoms with E-state index >= 15 is 0 Å². The van der Waals surface area contributed by atoms with E-state index in [1.54, 1.807) is 30.7 Å². The predicted molar refractivity (Wildman–Crippen MR) is 69.1 cm³/mol. The number of halogens is 2. The maximum atomic E-state index is 13.1. The van der Waals surface area contributed by atoms with Gasteiger partial charge in [0.05, 0.1) is 5.69 Å². The van der Waals surface area contributed by atoms with Crippen LogP contribution in [-0.2, 0) is 6.54 Å². The Morgan fingerprint density at radius 2 is 2.00 bits per heavy atom. The molecule has 0 aromatic carbocycles. The zero-order valence-corrected chi connectivity index (χ0v) is 11.4. The molecule has 2 heterocycles. The third kappa shape index (κ3) is 2.67. The average Bonchev–Trinajstić information content (AvgIpc) is 2.89. The Balaban J connectivity index is 2.46. The van der Waals surface area contributed by atoms with Crippen molar-refractivity contribution in [2.45, 2.75) is 46.7 Å². The van der Waals surface area contributed by atoms with Crippen LogP contribution in [-0.4, -0.2) is 19.3 Å². The number of hydrogen-bond acceptors (Lipinski definition) is 2. The van der Waals surface area contributed by atoms with Crippen molar-refractivity contribution in [2.75, 3.05) is 0 Å². The van der Waals surface area contributed by atoms with Crippen molar-refractivity contribution in [1.29, 1.82) is 0 Å². The molecule has 0 unspecified atom stereocenters. The van der Waals surface area contributed by atoms with E-state index < -0.39 is 6.55 Å². The minimum atomic E-state index is -2.57. The van der Waals surface area contributed by atoms with Crippen LogP contribution in [0.15, 0.2) is 12.1 Å². The molecule has 2 rings (SSSR count). The van der Waals surface area contributed by atoms with E-state index in [4.69, 9.17) is 0 Å². The Hall–Kier alpha value is -1.72. The largest absolute Gasteiger partial charge is 0.319 e. The smallest absolute Gasteiger partial charge is 0.285 e. The predicted octanol–water partition coefficient (Wildman–Crippen LogP) is 3.56. The topological polar surface area (TPSA) is 35.6 Å². The van der Waals surface area contributed by atoms with Gasteiger partial charge in [-0.15, -0.1) is 0 Å². The van der Waals surface area contributed by atoms with Gasteiger partial charge in [-0.05, 0) is 32.4 Å². The summed E-state index contributed by atoms with van der Waals surface area (Å²) in [7, 11) is 0. The fraction of sp³-hybridized carbons (Fsp3) is 0.538. The summed E-state index contributed by atoms with van der Waals surface area (Å²) in [5.74, 6) is 1.12. The van der Waals surface area contributed by atoms with Crippen LogP contribution in [0.2, 0.25) is 0 Å². The molecule has 6 heteroatoms. The summed E-state index contributed by atoms with van der Waals surface area (Å²) in [5.41, 5.74) is 0.942. The molecule has 0 fully saturated rings. The van der Waals surface area contributed by atoms with Crippen molar-refractivity contribution in [3.8, 4) is 11.5 Å². The highest BCUT2D eigenvalue weighted by molar-refractivity contribution is 5.52. The molecule has 4 nitrogen and oxygen atoms in total. The van der Waals surface area contributed by atoms with Gasteiger partial charge >= 0.3 is 6.55 Å². The summed E-state index contributed by atoms with van der Waals surface area (Å²) in [4.78, 5) is 4.29. The molecular formula is C13H18F2N4. The number of aromatic nitrogens is 4. The molecule has 2 aromatic rings. The molecule has 0 N–H and O–H groups in total. The Bertz CT molecular complexity index is 557. The Labute approximate surface area is 111 Å². The van der Waals surface area contributed by atoms with Crippen molar-refractivity contribution in [3.63, 3.8) is 0 Å². The molecule has 0 atom stereocenters. The first-order valence-electron chi connectivity index (χ1n) is 6.42. The molecule has 0 aliphatic carbocycles. The molecule has 0 spiro atoms. The van der Waals surface area contributed by atoms with Crippen molar-refractivity contribution in [3.05, 3.63) is 23.7 Å². The van der Waals surface area contributed by atoms with Gasteiger partial charge in [-0.3, -0.25) is 4.57 Å². The second-order valence-electron chi connectivity index (χ2n) is 4.57. The summed E-state index contributed by atoms with van der Waals surface area (Å²) in [6, 6.07) is 3.35. The number of alkyl halides is 2. The van der Waals surface area contributed by atoms with E-state index in [1.807, 2.05) is 0 Å². The Morgan fingerprint density at radius 1 is 1.26 bits per heavy atom. The molecule has 0 aliphatic rings. The molecule has 0 amide bonds. The van der Waals surface area contributed by atoms with E-state index in [1.165, 1.54) is 0 Å². The van der Waals surface area contributed by atoms with E-state index in [9.17, 15) is 8.78 Å². The maximum Gasteiger partial charge on any atom is 0.319 e. The molecule has 0 radical (unpaired) electrons. The second kappa shape index (κ2) is 5.50. The molecule has 0 saturated heterocycles. The molecule has 2 aromatic heterocycles. The van der Waals surface area contributed by atoms with Crippen molar-refractivity contribution in [1.82, 2.24) is 19.3 Å². The standard InChI is InChI=1S/C13H18F2N4/c1-4-5-8-18-12(16-10(3)17-18)11-7-6-9(2)19(11)13(14)15/h6-7,13H,4-5,8H2,1-3H3. The fourth-order valence-electron chi connectivity index (χ4n) is 2.10. The molecule has 0 saturated carbocycles. The summed E-state index contributed by atoms with van der Waals surface area (Å²) in [6.45, 7) is 3.64. The quantitative estimate of drug-likeness (QED) is 0.831. The highest BCUT2D eigenvalue weighted by Gasteiger charge is 2.19. The third-order valence-electron chi connectivity index (χ3n) is 3.05. The van der Waals surface area contributed by atoms with Gasteiger partial charge in [0.25, 0.3) is 0 Å². The first-order valence-corrected chi connectivity index (χ1v) is 6.42. The van der Waals surface area contributed by atoms with Crippen LogP contribution in [0.5, 0.6) is 0 Å². The zero-order valence-electron chi connectivity index (χ0n) is 11.4. The van der Waals surface area contributed by atoms with Gasteiger partial charge in [0.2, 0.25) is 0 Å².